The topological polar surface area (TPSA) is 72.0 Å². The molecule has 0 rings (SSSR count). The van der Waals surface area contributed by atoms with Gasteiger partial charge in [-0.05, 0) is 0 Å². The number of guanidine groups is 2. The lowest BCUT2D eigenvalue weighted by molar-refractivity contribution is 0.181. The van der Waals surface area contributed by atoms with Crippen LogP contribution in [0.4, 0.5) is 0 Å². The van der Waals surface area contributed by atoms with E-state index in [0.29, 0.717) is 0 Å². The minimum Gasteiger partial charge on any atom is -0.369 e. The molecule has 6 nitrogen and oxygen atoms in total. The fourth-order valence-electron chi connectivity index (χ4n) is 0.930. The predicted octanol–water partition coefficient (Wildman–Crippen LogP) is -0.794. The van der Waals surface area contributed by atoms with Crippen molar-refractivity contribution in [2.24, 2.45) is 10.7 Å². The van der Waals surface area contributed by atoms with Gasteiger partial charge < -0.3 is 10.6 Å². The first-order valence-electron chi connectivity index (χ1n) is 3.87. The summed E-state index contributed by atoms with van der Waals surface area (Å²) in [5.41, 5.74) is 5.32. The van der Waals surface area contributed by atoms with E-state index in [9.17, 15) is 0 Å². The van der Waals surface area contributed by atoms with Gasteiger partial charge in [0.15, 0.2) is 0 Å². The van der Waals surface area contributed by atoms with Crippen molar-refractivity contribution in [3.05, 3.63) is 0 Å². The fourth-order valence-corrected chi connectivity index (χ4v) is 0.930. The zero-order valence-electron chi connectivity index (χ0n) is 8.87. The van der Waals surface area contributed by atoms with Gasteiger partial charge in [0.25, 0.3) is 0 Å². The normalized spacial score (nSPS) is 11.0. The van der Waals surface area contributed by atoms with E-state index in [0.717, 1.165) is 5.96 Å². The average Bonchev–Trinajstić information content (AvgIpc) is 2.03. The second kappa shape index (κ2) is 4.54. The van der Waals surface area contributed by atoms with E-state index >= 15 is 0 Å². The molecule has 0 saturated carbocycles. The van der Waals surface area contributed by atoms with Crippen LogP contribution in [-0.2, 0) is 0 Å². The summed E-state index contributed by atoms with van der Waals surface area (Å²) in [6.45, 7) is 0. The van der Waals surface area contributed by atoms with Crippen LogP contribution in [0, 0.1) is 5.41 Å². The molecule has 0 aliphatic rings. The molecule has 0 aromatic carbocycles. The van der Waals surface area contributed by atoms with Crippen LogP contribution in [-0.4, -0.2) is 62.1 Å². The van der Waals surface area contributed by atoms with E-state index in [-0.39, 0.29) is 5.96 Å². The number of nitrogens with one attached hydrogen (secondary N) is 1. The van der Waals surface area contributed by atoms with Gasteiger partial charge in [0, 0.05) is 35.2 Å². The highest BCUT2D eigenvalue weighted by atomic mass is 15.7. The van der Waals surface area contributed by atoms with Crippen LogP contribution in [0.1, 0.15) is 0 Å². The molecule has 0 aliphatic heterocycles. The molecule has 6 heteroatoms. The molecule has 0 fully saturated rings. The van der Waals surface area contributed by atoms with Crippen molar-refractivity contribution in [2.75, 3.05) is 35.2 Å². The highest BCUT2D eigenvalue weighted by Gasteiger charge is 2.13. The molecule has 0 amide bonds. The van der Waals surface area contributed by atoms with Gasteiger partial charge in [-0.15, -0.1) is 0 Å². The Labute approximate surface area is 79.1 Å². The van der Waals surface area contributed by atoms with Crippen molar-refractivity contribution >= 4 is 11.9 Å². The van der Waals surface area contributed by atoms with Gasteiger partial charge in [-0.3, -0.25) is 20.4 Å². The summed E-state index contributed by atoms with van der Waals surface area (Å²) in [6, 6.07) is 0. The molecule has 0 radical (unpaired) electrons. The molecule has 0 heterocycles. The first-order chi connectivity index (χ1) is 5.91. The third-order valence-corrected chi connectivity index (χ3v) is 1.69. The van der Waals surface area contributed by atoms with Crippen LogP contribution >= 0.6 is 0 Å². The van der Waals surface area contributed by atoms with Gasteiger partial charge in [-0.2, -0.15) is 0 Å². The highest BCUT2D eigenvalue weighted by Crippen LogP contribution is 1.94. The molecule has 0 aliphatic carbocycles. The maximum atomic E-state index is 7.23. The Morgan fingerprint density at radius 2 is 1.62 bits per heavy atom. The van der Waals surface area contributed by atoms with Crippen LogP contribution < -0.4 is 5.73 Å². The van der Waals surface area contributed by atoms with Gasteiger partial charge in [-0.25, -0.2) is 0 Å². The maximum Gasteiger partial charge on any atom is 0.214 e. The minimum absolute atomic E-state index is 0.0227. The van der Waals surface area contributed by atoms with Crippen molar-refractivity contribution in [2.45, 2.75) is 0 Å². The first-order valence-corrected chi connectivity index (χ1v) is 3.87. The second-order valence-electron chi connectivity index (χ2n) is 2.85. The molecule has 0 aromatic heterocycles. The molecule has 0 aromatic rings. The zero-order valence-corrected chi connectivity index (χ0v) is 8.87. The maximum absolute atomic E-state index is 7.23. The van der Waals surface area contributed by atoms with Gasteiger partial charge >= 0.3 is 0 Å². The number of rotatable bonds is 0. The third-order valence-electron chi connectivity index (χ3n) is 1.69. The second-order valence-corrected chi connectivity index (χ2v) is 2.85. The van der Waals surface area contributed by atoms with E-state index in [4.69, 9.17) is 11.1 Å². The monoisotopic (exact) mass is 186 g/mol. The fraction of sp³-hybridized carbons (Fsp3) is 0.714. The molecule has 0 unspecified atom stereocenters. The summed E-state index contributed by atoms with van der Waals surface area (Å²) < 4.78 is 0. The number of hydrogen-bond acceptors (Lipinski definition) is 2. The van der Waals surface area contributed by atoms with Crippen LogP contribution in [0.15, 0.2) is 4.99 Å². The van der Waals surface area contributed by atoms with E-state index in [1.54, 1.807) is 26.2 Å². The van der Waals surface area contributed by atoms with Crippen LogP contribution in [0.3, 0.4) is 0 Å². The van der Waals surface area contributed by atoms with Crippen molar-refractivity contribution in [3.8, 4) is 0 Å². The lowest BCUT2D eigenvalue weighted by atomic mass is 10.7. The molecule has 76 valence electrons. The lowest BCUT2D eigenvalue weighted by Crippen LogP contribution is -2.51. The van der Waals surface area contributed by atoms with E-state index in [1.165, 1.54) is 5.01 Å². The number of nitrogens with zero attached hydrogens (tertiary/aromatic N) is 4. The van der Waals surface area contributed by atoms with Crippen molar-refractivity contribution in [1.29, 1.82) is 5.41 Å². The lowest BCUT2D eigenvalue weighted by Gasteiger charge is -2.33. The number of aliphatic imine (C=N–C) groups is 1. The standard InChI is InChI=1S/C7H18N6/c1-10-7(11(2)3)13(5)12(4)6(8)9/h1-5H3,(H3,8,9)/b10-7+. The Bertz CT molecular complexity index is 209. The molecule has 0 bridgehead atoms. The van der Waals surface area contributed by atoms with Crippen molar-refractivity contribution in [1.82, 2.24) is 14.9 Å². The van der Waals surface area contributed by atoms with Gasteiger partial charge in [0.2, 0.25) is 11.9 Å². The molecular formula is C7H18N6. The zero-order chi connectivity index (χ0) is 10.6. The molecule has 3 N–H and O–H groups in total. The summed E-state index contributed by atoms with van der Waals surface area (Å²) in [4.78, 5) is 5.91. The highest BCUT2D eigenvalue weighted by molar-refractivity contribution is 5.83. The Hall–Kier alpha value is -1.46. The Morgan fingerprint density at radius 3 is 1.85 bits per heavy atom. The molecule has 0 spiro atoms. The minimum atomic E-state index is -0.0227. The van der Waals surface area contributed by atoms with Crippen LogP contribution in [0.2, 0.25) is 0 Å². The molecule has 0 atom stereocenters. The first kappa shape index (κ1) is 11.5. The molecule has 13 heavy (non-hydrogen) atoms. The van der Waals surface area contributed by atoms with Crippen LogP contribution in [0.5, 0.6) is 0 Å². The molecular weight excluding hydrogens is 168 g/mol. The van der Waals surface area contributed by atoms with Gasteiger partial charge in [0.1, 0.15) is 0 Å². The van der Waals surface area contributed by atoms with E-state index in [2.05, 4.69) is 4.99 Å². The number of hydrogen-bond donors (Lipinski definition) is 2. The molecule has 0 saturated heterocycles. The Kier molecular flexibility index (Phi) is 4.03. The van der Waals surface area contributed by atoms with E-state index < -0.39 is 0 Å². The SMILES string of the molecule is C/N=C(\N(C)C)N(C)N(C)C(=N)N. The van der Waals surface area contributed by atoms with Crippen molar-refractivity contribution < 1.29 is 0 Å². The number of hydrazine groups is 1. The Morgan fingerprint density at radius 1 is 1.15 bits per heavy atom. The number of nitrogens with two attached hydrogens (primary N) is 1. The smallest absolute Gasteiger partial charge is 0.214 e. The quantitative estimate of drug-likeness (QED) is 0.295. The van der Waals surface area contributed by atoms with E-state index in [1.807, 2.05) is 19.0 Å². The average molecular weight is 186 g/mol. The summed E-state index contributed by atoms with van der Waals surface area (Å²) in [5, 5.41) is 10.4. The van der Waals surface area contributed by atoms with Gasteiger partial charge in [-0.1, -0.05) is 0 Å². The van der Waals surface area contributed by atoms with Gasteiger partial charge in [0.05, 0.1) is 0 Å². The summed E-state index contributed by atoms with van der Waals surface area (Å²) >= 11 is 0. The largest absolute Gasteiger partial charge is 0.369 e. The summed E-state index contributed by atoms with van der Waals surface area (Å²) in [6.07, 6.45) is 0. The predicted molar refractivity (Wildman–Crippen MR) is 54.5 cm³/mol. The summed E-state index contributed by atoms with van der Waals surface area (Å²) in [5.74, 6) is 0.711. The third kappa shape index (κ3) is 2.81. The summed E-state index contributed by atoms with van der Waals surface area (Å²) in [7, 11) is 8.96. The van der Waals surface area contributed by atoms with Crippen molar-refractivity contribution in [3.63, 3.8) is 0 Å². The Balaban J connectivity index is 4.56. The van der Waals surface area contributed by atoms with Crippen LogP contribution in [0.25, 0.3) is 0 Å².